The molecule has 152 valence electrons. The van der Waals surface area contributed by atoms with Crippen molar-refractivity contribution in [2.75, 3.05) is 7.11 Å². The molecule has 1 heterocycles. The van der Waals surface area contributed by atoms with Crippen LogP contribution >= 0.6 is 11.6 Å². The van der Waals surface area contributed by atoms with Crippen LogP contribution in [-0.4, -0.2) is 27.7 Å². The molecule has 0 radical (unpaired) electrons. The van der Waals surface area contributed by atoms with E-state index >= 15 is 0 Å². The van der Waals surface area contributed by atoms with Crippen LogP contribution in [0.15, 0.2) is 59.4 Å². The predicted octanol–water partition coefficient (Wildman–Crippen LogP) is 1.19. The van der Waals surface area contributed by atoms with Gasteiger partial charge in [-0.1, -0.05) is 67.1 Å². The Balaban J connectivity index is 0.00000240. The first-order valence-corrected chi connectivity index (χ1v) is 9.42. The number of aromatic carboxylic acids is 1. The summed E-state index contributed by atoms with van der Waals surface area (Å²) in [7, 11) is 2.81. The van der Waals surface area contributed by atoms with E-state index < -0.39 is 17.2 Å². The summed E-state index contributed by atoms with van der Waals surface area (Å²) in [5.41, 5.74) is 0.904. The molecule has 8 heteroatoms. The van der Waals surface area contributed by atoms with Gasteiger partial charge in [-0.2, -0.15) is 0 Å². The number of halogens is 1. The van der Waals surface area contributed by atoms with Gasteiger partial charge in [-0.15, -0.1) is 0 Å². The smallest absolute Gasteiger partial charge is 1.00 e. The second-order valence-corrected chi connectivity index (χ2v) is 7.13. The van der Waals surface area contributed by atoms with Crippen LogP contribution in [0.3, 0.4) is 0 Å². The van der Waals surface area contributed by atoms with E-state index in [-0.39, 0.29) is 37.9 Å². The number of hydrogen-bond donors (Lipinski definition) is 1. The maximum Gasteiger partial charge on any atom is 1.00 e. The number of methoxy groups -OCH3 is 1. The second-order valence-electron chi connectivity index (χ2n) is 6.72. The number of nitrogens with zero attached hydrogens (tertiary/aromatic N) is 2. The Hall–Kier alpha value is -2.52. The van der Waals surface area contributed by atoms with Crippen LogP contribution in [0.2, 0.25) is 5.02 Å². The third-order valence-corrected chi connectivity index (χ3v) is 5.34. The van der Waals surface area contributed by atoms with E-state index in [0.29, 0.717) is 10.8 Å². The Morgan fingerprint density at radius 2 is 1.77 bits per heavy atom. The van der Waals surface area contributed by atoms with Crippen LogP contribution in [0.25, 0.3) is 0 Å². The molecule has 0 spiro atoms. The van der Waals surface area contributed by atoms with Crippen LogP contribution in [-0.2, 0) is 7.05 Å². The third-order valence-electron chi connectivity index (χ3n) is 5.00. The van der Waals surface area contributed by atoms with Gasteiger partial charge in [-0.25, -0.2) is 9.78 Å². The van der Waals surface area contributed by atoms with E-state index in [1.807, 2.05) is 61.5 Å². The number of carboxylic acid groups (broad SMARTS) is 1. The molecule has 6 nitrogen and oxygen atoms in total. The van der Waals surface area contributed by atoms with Crippen LogP contribution < -0.4 is 29.2 Å². The van der Waals surface area contributed by atoms with Crippen molar-refractivity contribution in [1.82, 2.24) is 9.55 Å². The summed E-state index contributed by atoms with van der Waals surface area (Å²) in [6, 6.07) is 17.2. The van der Waals surface area contributed by atoms with Gasteiger partial charge in [-0.05, 0) is 17.2 Å². The predicted molar refractivity (Wildman–Crippen MR) is 112 cm³/mol. The van der Waals surface area contributed by atoms with Gasteiger partial charge in [0.2, 0.25) is 5.75 Å². The van der Waals surface area contributed by atoms with Gasteiger partial charge in [0.25, 0.3) is 5.56 Å². The van der Waals surface area contributed by atoms with Gasteiger partial charge in [0.15, 0.2) is 5.69 Å². The summed E-state index contributed by atoms with van der Waals surface area (Å²) in [5.74, 6) is -1.86. The molecule has 0 aliphatic rings. The van der Waals surface area contributed by atoms with Crippen LogP contribution in [0.5, 0.6) is 5.75 Å². The Bertz CT molecular complexity index is 1110. The minimum absolute atomic E-state index is 0. The van der Waals surface area contributed by atoms with Crippen LogP contribution in [0.4, 0.5) is 0 Å². The average Bonchev–Trinajstić information content (AvgIpc) is 2.72. The van der Waals surface area contributed by atoms with Crippen molar-refractivity contribution in [1.29, 1.82) is 0 Å². The number of carboxylic acids is 1. The number of rotatable bonds is 6. The molecule has 3 rings (SSSR count). The first-order chi connectivity index (χ1) is 13.9. The molecule has 0 bridgehead atoms. The SMILES string of the molecule is COc1c(C(=O)O)nc(C(C)C(c2ccccc2)c2ccccc2Cl)n(C)c1=O.[H-].[Li+]. The molecule has 0 aliphatic carbocycles. The Kier molecular flexibility index (Phi) is 7.91. The van der Waals surface area contributed by atoms with Crippen molar-refractivity contribution in [2.45, 2.75) is 18.8 Å². The van der Waals surface area contributed by atoms with Crippen molar-refractivity contribution in [3.05, 3.63) is 92.6 Å². The summed E-state index contributed by atoms with van der Waals surface area (Å²) in [4.78, 5) is 28.7. The zero-order chi connectivity index (χ0) is 21.1. The molecule has 1 aromatic heterocycles. The zero-order valence-electron chi connectivity index (χ0n) is 18.3. The molecule has 1 N–H and O–H groups in total. The molecule has 2 unspecified atom stereocenters. The Labute approximate surface area is 193 Å². The molecule has 2 aromatic carbocycles. The van der Waals surface area contributed by atoms with Crippen molar-refractivity contribution in [3.63, 3.8) is 0 Å². The second kappa shape index (κ2) is 9.99. The van der Waals surface area contributed by atoms with E-state index in [1.165, 1.54) is 11.7 Å². The fraction of sp³-hybridized carbons (Fsp3) is 0.227. The molecule has 30 heavy (non-hydrogen) atoms. The molecule has 2 atom stereocenters. The summed E-state index contributed by atoms with van der Waals surface area (Å²) in [6.45, 7) is 1.90. The molecular formula is C22H22ClLiN2O4. The summed E-state index contributed by atoms with van der Waals surface area (Å²) in [5, 5.41) is 10.1. The third kappa shape index (κ3) is 4.46. The van der Waals surface area contributed by atoms with Gasteiger partial charge < -0.3 is 11.3 Å². The van der Waals surface area contributed by atoms with E-state index in [4.69, 9.17) is 16.3 Å². The van der Waals surface area contributed by atoms with E-state index in [9.17, 15) is 14.7 Å². The normalized spacial score (nSPS) is 12.5. The van der Waals surface area contributed by atoms with Crippen molar-refractivity contribution in [3.8, 4) is 5.75 Å². The number of aromatic nitrogens is 2. The zero-order valence-corrected chi connectivity index (χ0v) is 18.1. The van der Waals surface area contributed by atoms with Gasteiger partial charge in [0.05, 0.1) is 7.11 Å². The van der Waals surface area contributed by atoms with Gasteiger partial charge in [0.1, 0.15) is 5.82 Å². The first-order valence-electron chi connectivity index (χ1n) is 9.04. The van der Waals surface area contributed by atoms with E-state index in [2.05, 4.69) is 4.98 Å². The summed E-state index contributed by atoms with van der Waals surface area (Å²) >= 11 is 6.50. The monoisotopic (exact) mass is 420 g/mol. The van der Waals surface area contributed by atoms with Crippen molar-refractivity contribution < 1.29 is 34.9 Å². The minimum atomic E-state index is -1.32. The number of hydrogen-bond acceptors (Lipinski definition) is 4. The maximum absolute atomic E-state index is 12.7. The molecule has 0 aliphatic heterocycles. The molecule has 0 fully saturated rings. The molecule has 0 saturated heterocycles. The fourth-order valence-electron chi connectivity index (χ4n) is 3.61. The van der Waals surface area contributed by atoms with Gasteiger partial charge in [-0.3, -0.25) is 9.36 Å². The number of benzene rings is 2. The standard InChI is InChI=1S/C22H21ClN2O4.Li.H/c1-13(20-24-18(22(27)28)19(29-3)21(26)25(20)2)17(14-9-5-4-6-10-14)15-11-7-8-12-16(15)23;;/h4-13,17H,1-3H3,(H,27,28);;/q;+1;-1. The summed E-state index contributed by atoms with van der Waals surface area (Å²) < 4.78 is 6.34. The maximum atomic E-state index is 12.7. The van der Waals surface area contributed by atoms with Crippen molar-refractivity contribution in [2.24, 2.45) is 7.05 Å². The van der Waals surface area contributed by atoms with E-state index in [1.54, 1.807) is 7.05 Å². The van der Waals surface area contributed by atoms with Gasteiger partial charge >= 0.3 is 24.8 Å². The topological polar surface area (TPSA) is 81.4 Å². The van der Waals surface area contributed by atoms with Crippen molar-refractivity contribution >= 4 is 17.6 Å². The quantitative estimate of drug-likeness (QED) is 0.606. The largest absolute Gasteiger partial charge is 1.00 e. The van der Waals surface area contributed by atoms with Crippen LogP contribution in [0.1, 0.15) is 47.6 Å². The molecular weight excluding hydrogens is 399 g/mol. The number of carbonyl (C=O) groups is 1. The summed E-state index contributed by atoms with van der Waals surface area (Å²) in [6.07, 6.45) is 0. The Morgan fingerprint density at radius 3 is 2.33 bits per heavy atom. The molecule has 3 aromatic rings. The van der Waals surface area contributed by atoms with Gasteiger partial charge in [0, 0.05) is 23.9 Å². The Morgan fingerprint density at radius 1 is 1.17 bits per heavy atom. The average molecular weight is 421 g/mol. The van der Waals surface area contributed by atoms with E-state index in [0.717, 1.165) is 11.1 Å². The first kappa shape index (κ1) is 23.8. The minimum Gasteiger partial charge on any atom is -1.00 e. The number of ether oxygens (including phenoxy) is 1. The molecule has 0 saturated carbocycles. The van der Waals surface area contributed by atoms with Crippen LogP contribution in [0, 0.1) is 0 Å². The molecule has 0 amide bonds. The fourth-order valence-corrected chi connectivity index (χ4v) is 3.86.